The van der Waals surface area contributed by atoms with Crippen LogP contribution in [0.25, 0.3) is 0 Å². The fraction of sp³-hybridized carbons (Fsp3) is 1.00. The SMILES string of the molecule is CC(C)CN(C(C)C)C(C)CC1COCCN1. The van der Waals surface area contributed by atoms with Gasteiger partial charge in [-0.05, 0) is 33.1 Å². The van der Waals surface area contributed by atoms with Crippen LogP contribution in [0.15, 0.2) is 0 Å². The van der Waals surface area contributed by atoms with E-state index in [1.807, 2.05) is 0 Å². The van der Waals surface area contributed by atoms with E-state index >= 15 is 0 Å². The average Bonchev–Trinajstić information content (AvgIpc) is 2.26. The lowest BCUT2D eigenvalue weighted by Gasteiger charge is -2.37. The maximum absolute atomic E-state index is 5.52. The van der Waals surface area contributed by atoms with Gasteiger partial charge in [0, 0.05) is 31.2 Å². The lowest BCUT2D eigenvalue weighted by atomic mass is 10.0. The van der Waals surface area contributed by atoms with Crippen LogP contribution < -0.4 is 5.32 Å². The van der Waals surface area contributed by atoms with Crippen LogP contribution in [0.1, 0.15) is 41.0 Å². The Kier molecular flexibility index (Phi) is 6.45. The van der Waals surface area contributed by atoms with Gasteiger partial charge in [-0.3, -0.25) is 4.90 Å². The van der Waals surface area contributed by atoms with Crippen LogP contribution >= 0.6 is 0 Å². The zero-order chi connectivity index (χ0) is 12.8. The lowest BCUT2D eigenvalue weighted by molar-refractivity contribution is 0.0551. The van der Waals surface area contributed by atoms with E-state index in [1.165, 1.54) is 13.0 Å². The number of nitrogens with one attached hydrogen (secondary N) is 1. The van der Waals surface area contributed by atoms with E-state index in [9.17, 15) is 0 Å². The number of rotatable bonds is 6. The molecule has 0 aromatic heterocycles. The maximum Gasteiger partial charge on any atom is 0.0620 e. The van der Waals surface area contributed by atoms with Gasteiger partial charge in [-0.15, -0.1) is 0 Å². The fourth-order valence-electron chi connectivity index (χ4n) is 2.64. The molecule has 1 aliphatic heterocycles. The van der Waals surface area contributed by atoms with Crippen molar-refractivity contribution >= 4 is 0 Å². The smallest absolute Gasteiger partial charge is 0.0620 e. The van der Waals surface area contributed by atoms with Crippen LogP contribution in [0.4, 0.5) is 0 Å². The van der Waals surface area contributed by atoms with Gasteiger partial charge in [0.05, 0.1) is 13.2 Å². The standard InChI is InChI=1S/C14H30N2O/c1-11(2)9-16(12(3)4)13(5)8-14-10-17-7-6-15-14/h11-15H,6-10H2,1-5H3. The van der Waals surface area contributed by atoms with Crippen LogP contribution in [-0.4, -0.2) is 49.3 Å². The first kappa shape index (κ1) is 14.9. The molecule has 102 valence electrons. The zero-order valence-corrected chi connectivity index (χ0v) is 12.2. The molecular weight excluding hydrogens is 212 g/mol. The van der Waals surface area contributed by atoms with Gasteiger partial charge in [0.2, 0.25) is 0 Å². The van der Waals surface area contributed by atoms with E-state index in [0.717, 1.165) is 25.7 Å². The quantitative estimate of drug-likeness (QED) is 0.772. The monoisotopic (exact) mass is 242 g/mol. The van der Waals surface area contributed by atoms with Crippen LogP contribution in [0.5, 0.6) is 0 Å². The summed E-state index contributed by atoms with van der Waals surface area (Å²) in [5.41, 5.74) is 0. The highest BCUT2D eigenvalue weighted by molar-refractivity contribution is 4.79. The molecule has 0 amide bonds. The molecule has 0 radical (unpaired) electrons. The Labute approximate surface area is 107 Å². The molecule has 2 atom stereocenters. The molecule has 1 heterocycles. The summed E-state index contributed by atoms with van der Waals surface area (Å²) >= 11 is 0. The van der Waals surface area contributed by atoms with Gasteiger partial charge in [-0.2, -0.15) is 0 Å². The molecule has 3 heteroatoms. The van der Waals surface area contributed by atoms with Crippen molar-refractivity contribution in [3.8, 4) is 0 Å². The summed E-state index contributed by atoms with van der Waals surface area (Å²) in [7, 11) is 0. The predicted octanol–water partition coefficient (Wildman–Crippen LogP) is 2.12. The molecule has 17 heavy (non-hydrogen) atoms. The van der Waals surface area contributed by atoms with E-state index in [1.54, 1.807) is 0 Å². The van der Waals surface area contributed by atoms with E-state index in [4.69, 9.17) is 4.74 Å². The molecule has 2 unspecified atom stereocenters. The summed E-state index contributed by atoms with van der Waals surface area (Å²) in [4.78, 5) is 2.61. The molecule has 0 spiro atoms. The molecule has 1 rings (SSSR count). The Morgan fingerprint density at radius 2 is 1.94 bits per heavy atom. The van der Waals surface area contributed by atoms with Gasteiger partial charge in [0.25, 0.3) is 0 Å². The van der Waals surface area contributed by atoms with E-state index < -0.39 is 0 Å². The minimum atomic E-state index is 0.534. The molecule has 1 N–H and O–H groups in total. The molecule has 3 nitrogen and oxygen atoms in total. The second-order valence-electron chi connectivity index (χ2n) is 6.00. The highest BCUT2D eigenvalue weighted by Crippen LogP contribution is 2.14. The minimum absolute atomic E-state index is 0.534. The molecule has 0 bridgehead atoms. The summed E-state index contributed by atoms with van der Waals surface area (Å²) in [6.07, 6.45) is 1.19. The van der Waals surface area contributed by atoms with E-state index in [0.29, 0.717) is 18.1 Å². The highest BCUT2D eigenvalue weighted by Gasteiger charge is 2.22. The largest absolute Gasteiger partial charge is 0.379 e. The summed E-state index contributed by atoms with van der Waals surface area (Å²) < 4.78 is 5.52. The lowest BCUT2D eigenvalue weighted by Crippen LogP contribution is -2.48. The second-order valence-corrected chi connectivity index (χ2v) is 6.00. The third-order valence-electron chi connectivity index (χ3n) is 3.43. The first-order valence-electron chi connectivity index (χ1n) is 7.07. The van der Waals surface area contributed by atoms with Crippen molar-refractivity contribution in [2.75, 3.05) is 26.3 Å². The first-order chi connectivity index (χ1) is 8.00. The summed E-state index contributed by atoms with van der Waals surface area (Å²) in [6, 6.07) is 1.78. The van der Waals surface area contributed by atoms with Crippen molar-refractivity contribution in [1.82, 2.24) is 10.2 Å². The predicted molar refractivity (Wildman–Crippen MR) is 73.4 cm³/mol. The molecule has 0 aromatic carbocycles. The number of hydrogen-bond acceptors (Lipinski definition) is 3. The third kappa shape index (κ3) is 5.36. The van der Waals surface area contributed by atoms with E-state index in [-0.39, 0.29) is 0 Å². The van der Waals surface area contributed by atoms with Crippen molar-refractivity contribution in [1.29, 1.82) is 0 Å². The number of ether oxygens (including phenoxy) is 1. The highest BCUT2D eigenvalue weighted by atomic mass is 16.5. The fourth-order valence-corrected chi connectivity index (χ4v) is 2.64. The van der Waals surface area contributed by atoms with Gasteiger partial charge < -0.3 is 10.1 Å². The molecule has 0 aliphatic carbocycles. The molecule has 1 aliphatic rings. The van der Waals surface area contributed by atoms with Crippen molar-refractivity contribution < 1.29 is 4.74 Å². The Hall–Kier alpha value is -0.120. The van der Waals surface area contributed by atoms with Crippen molar-refractivity contribution in [3.05, 3.63) is 0 Å². The van der Waals surface area contributed by atoms with Crippen molar-refractivity contribution in [2.24, 2.45) is 5.92 Å². The summed E-state index contributed by atoms with van der Waals surface area (Å²) in [6.45, 7) is 15.5. The average molecular weight is 242 g/mol. The van der Waals surface area contributed by atoms with Crippen molar-refractivity contribution in [2.45, 2.75) is 59.2 Å². The molecule has 1 saturated heterocycles. The molecule has 0 saturated carbocycles. The Morgan fingerprint density at radius 3 is 2.41 bits per heavy atom. The Bertz CT molecular complexity index is 200. The normalized spacial score (nSPS) is 23.6. The van der Waals surface area contributed by atoms with Crippen LogP contribution in [0, 0.1) is 5.92 Å². The van der Waals surface area contributed by atoms with Crippen LogP contribution in [0.3, 0.4) is 0 Å². The van der Waals surface area contributed by atoms with Gasteiger partial charge in [0.15, 0.2) is 0 Å². The maximum atomic E-state index is 5.52. The topological polar surface area (TPSA) is 24.5 Å². The Morgan fingerprint density at radius 1 is 1.24 bits per heavy atom. The molecule has 1 fully saturated rings. The van der Waals surface area contributed by atoms with Crippen molar-refractivity contribution in [3.63, 3.8) is 0 Å². The minimum Gasteiger partial charge on any atom is -0.379 e. The van der Waals surface area contributed by atoms with E-state index in [2.05, 4.69) is 44.8 Å². The third-order valence-corrected chi connectivity index (χ3v) is 3.43. The first-order valence-corrected chi connectivity index (χ1v) is 7.07. The van der Waals surface area contributed by atoms with Gasteiger partial charge in [-0.25, -0.2) is 0 Å². The summed E-state index contributed by atoms with van der Waals surface area (Å²) in [5, 5.41) is 3.55. The number of hydrogen-bond donors (Lipinski definition) is 1. The number of morpholine rings is 1. The molecule has 0 aromatic rings. The van der Waals surface area contributed by atoms with Gasteiger partial charge in [0.1, 0.15) is 0 Å². The Balaban J connectivity index is 2.42. The number of nitrogens with zero attached hydrogens (tertiary/aromatic N) is 1. The van der Waals surface area contributed by atoms with Gasteiger partial charge in [-0.1, -0.05) is 13.8 Å². The summed E-state index contributed by atoms with van der Waals surface area (Å²) in [5.74, 6) is 0.732. The molecular formula is C14H30N2O. The second kappa shape index (κ2) is 7.34. The van der Waals surface area contributed by atoms with Crippen LogP contribution in [-0.2, 0) is 4.74 Å². The van der Waals surface area contributed by atoms with Crippen LogP contribution in [0.2, 0.25) is 0 Å². The van der Waals surface area contributed by atoms with Gasteiger partial charge >= 0.3 is 0 Å². The zero-order valence-electron chi connectivity index (χ0n) is 12.2.